The highest BCUT2D eigenvalue weighted by Crippen LogP contribution is 2.41. The minimum absolute atomic E-state index is 0.0791. The summed E-state index contributed by atoms with van der Waals surface area (Å²) in [6.07, 6.45) is 3.88. The van der Waals surface area contributed by atoms with Crippen LogP contribution >= 0.6 is 0 Å². The molecule has 0 amide bonds. The Morgan fingerprint density at radius 3 is 2.68 bits per heavy atom. The largest absolute Gasteiger partial charge is 0.451 e. The minimum atomic E-state index is -1.05. The van der Waals surface area contributed by atoms with E-state index in [9.17, 15) is 14.7 Å². The third kappa shape index (κ3) is 3.32. The molecule has 25 heavy (non-hydrogen) atoms. The molecule has 3 heterocycles. The average molecular weight is 348 g/mol. The molecule has 0 aliphatic carbocycles. The molecule has 2 bridgehead atoms. The highest BCUT2D eigenvalue weighted by atomic mass is 16.6. The minimum Gasteiger partial charge on any atom is -0.451 e. The van der Waals surface area contributed by atoms with Gasteiger partial charge in [-0.3, -0.25) is 4.79 Å². The van der Waals surface area contributed by atoms with E-state index in [2.05, 4.69) is 13.0 Å². The van der Waals surface area contributed by atoms with Crippen molar-refractivity contribution in [2.45, 2.75) is 83.7 Å². The van der Waals surface area contributed by atoms with E-state index in [0.717, 1.165) is 24.8 Å². The second kappa shape index (κ2) is 6.69. The molecule has 3 aliphatic heterocycles. The molecule has 0 unspecified atom stereocenters. The molecule has 5 atom stereocenters. The van der Waals surface area contributed by atoms with Crippen LogP contribution in [0.2, 0.25) is 0 Å². The van der Waals surface area contributed by atoms with Crippen LogP contribution in [0, 0.1) is 5.92 Å². The summed E-state index contributed by atoms with van der Waals surface area (Å²) in [5.74, 6) is -0.295. The van der Waals surface area contributed by atoms with Crippen LogP contribution in [-0.2, 0) is 19.1 Å². The molecular formula is C20H28O5. The van der Waals surface area contributed by atoms with Gasteiger partial charge in [0.2, 0.25) is 0 Å². The summed E-state index contributed by atoms with van der Waals surface area (Å²) in [5, 5.41) is 11.0. The van der Waals surface area contributed by atoms with Gasteiger partial charge < -0.3 is 14.6 Å². The third-order valence-corrected chi connectivity index (χ3v) is 5.98. The lowest BCUT2D eigenvalue weighted by molar-refractivity contribution is -0.165. The van der Waals surface area contributed by atoms with Gasteiger partial charge in [0.1, 0.15) is 6.10 Å². The first-order valence-corrected chi connectivity index (χ1v) is 9.19. The molecule has 1 fully saturated rings. The molecule has 0 radical (unpaired) electrons. The molecule has 3 aliphatic rings. The van der Waals surface area contributed by atoms with Crippen LogP contribution in [0.3, 0.4) is 0 Å². The van der Waals surface area contributed by atoms with Gasteiger partial charge in [-0.05, 0) is 52.4 Å². The van der Waals surface area contributed by atoms with Crippen molar-refractivity contribution >= 4 is 11.8 Å². The standard InChI is InChI=1S/C20H28O5/c1-11-6-5-7-12(2)15-8-9-20(4,25-15)18(22)17-16(14(21)10-11)13(3)19(23)24-17/h6,12,15,17-18,22H,5,7-10H2,1-4H3/b11-6+/t12-,15+,17-,18+,20-/m0/s1. The molecule has 1 N–H and O–H groups in total. The number of carbonyl (C=O) groups excluding carboxylic acids is 2. The number of ketones is 1. The number of fused-ring (bicyclic) bond motifs is 3. The van der Waals surface area contributed by atoms with Crippen molar-refractivity contribution in [1.82, 2.24) is 0 Å². The van der Waals surface area contributed by atoms with Gasteiger partial charge >= 0.3 is 5.97 Å². The predicted molar refractivity (Wildman–Crippen MR) is 92.9 cm³/mol. The van der Waals surface area contributed by atoms with E-state index in [1.54, 1.807) is 6.92 Å². The summed E-state index contributed by atoms with van der Waals surface area (Å²) in [5.41, 5.74) is 0.798. The lowest BCUT2D eigenvalue weighted by Gasteiger charge is -2.34. The Kier molecular flexibility index (Phi) is 4.91. The van der Waals surface area contributed by atoms with E-state index in [0.29, 0.717) is 23.5 Å². The summed E-state index contributed by atoms with van der Waals surface area (Å²) in [4.78, 5) is 24.9. The highest BCUT2D eigenvalue weighted by molar-refractivity contribution is 6.07. The fourth-order valence-corrected chi connectivity index (χ4v) is 4.21. The van der Waals surface area contributed by atoms with Gasteiger partial charge in [-0.2, -0.15) is 0 Å². The normalized spacial score (nSPS) is 42.0. The van der Waals surface area contributed by atoms with E-state index >= 15 is 0 Å². The van der Waals surface area contributed by atoms with Crippen LogP contribution in [0.4, 0.5) is 0 Å². The first kappa shape index (κ1) is 18.3. The van der Waals surface area contributed by atoms with Gasteiger partial charge in [0.15, 0.2) is 11.9 Å². The Morgan fingerprint density at radius 1 is 1.24 bits per heavy atom. The number of carbonyl (C=O) groups is 2. The van der Waals surface area contributed by atoms with Crippen LogP contribution in [-0.4, -0.2) is 40.8 Å². The summed E-state index contributed by atoms with van der Waals surface area (Å²) >= 11 is 0. The number of allylic oxidation sites excluding steroid dienone is 2. The van der Waals surface area contributed by atoms with Crippen LogP contribution in [0.1, 0.15) is 59.8 Å². The van der Waals surface area contributed by atoms with Crippen molar-refractivity contribution < 1.29 is 24.2 Å². The highest BCUT2D eigenvalue weighted by Gasteiger charge is 2.51. The molecule has 0 aromatic rings. The van der Waals surface area contributed by atoms with Crippen molar-refractivity contribution in [3.8, 4) is 0 Å². The van der Waals surface area contributed by atoms with Crippen molar-refractivity contribution in [1.29, 1.82) is 0 Å². The number of aliphatic hydroxyl groups is 1. The Hall–Kier alpha value is -1.46. The van der Waals surface area contributed by atoms with Gasteiger partial charge in [0.05, 0.1) is 11.7 Å². The van der Waals surface area contributed by atoms with Crippen molar-refractivity contribution in [3.63, 3.8) is 0 Å². The zero-order valence-electron chi connectivity index (χ0n) is 15.5. The summed E-state index contributed by atoms with van der Waals surface area (Å²) in [6.45, 7) is 7.56. The molecule has 0 spiro atoms. The summed E-state index contributed by atoms with van der Waals surface area (Å²) in [7, 11) is 0. The zero-order chi connectivity index (χ0) is 18.4. The first-order valence-electron chi connectivity index (χ1n) is 9.19. The van der Waals surface area contributed by atoms with E-state index in [1.165, 1.54) is 0 Å². The van der Waals surface area contributed by atoms with Gasteiger partial charge in [-0.25, -0.2) is 4.79 Å². The van der Waals surface area contributed by atoms with Gasteiger partial charge in [0, 0.05) is 17.6 Å². The Balaban J connectivity index is 1.99. The van der Waals surface area contributed by atoms with Crippen molar-refractivity contribution in [2.24, 2.45) is 5.92 Å². The smallest absolute Gasteiger partial charge is 0.334 e. The second-order valence-electron chi connectivity index (χ2n) is 8.02. The maximum absolute atomic E-state index is 12.8. The van der Waals surface area contributed by atoms with Gasteiger partial charge in [0.25, 0.3) is 0 Å². The number of esters is 1. The lowest BCUT2D eigenvalue weighted by atomic mass is 9.85. The van der Waals surface area contributed by atoms with Crippen LogP contribution in [0.15, 0.2) is 22.8 Å². The van der Waals surface area contributed by atoms with E-state index in [1.807, 2.05) is 13.8 Å². The molecule has 0 saturated carbocycles. The number of aliphatic hydroxyl groups excluding tert-OH is 1. The van der Waals surface area contributed by atoms with Crippen molar-refractivity contribution in [2.75, 3.05) is 0 Å². The topological polar surface area (TPSA) is 72.8 Å². The van der Waals surface area contributed by atoms with Gasteiger partial charge in [-0.1, -0.05) is 18.6 Å². The monoisotopic (exact) mass is 348 g/mol. The number of Topliss-reactive ketones (excluding diaryl/α,β-unsaturated/α-hetero) is 1. The summed E-state index contributed by atoms with van der Waals surface area (Å²) in [6, 6.07) is 0. The maximum atomic E-state index is 12.8. The Labute approximate surface area is 149 Å². The van der Waals surface area contributed by atoms with Crippen LogP contribution < -0.4 is 0 Å². The molecule has 5 nitrogen and oxygen atoms in total. The van der Waals surface area contributed by atoms with Crippen LogP contribution in [0.5, 0.6) is 0 Å². The predicted octanol–water partition coefficient (Wildman–Crippen LogP) is 2.86. The third-order valence-electron chi connectivity index (χ3n) is 5.98. The zero-order valence-corrected chi connectivity index (χ0v) is 15.5. The maximum Gasteiger partial charge on any atom is 0.334 e. The molecular weight excluding hydrogens is 320 g/mol. The Morgan fingerprint density at radius 2 is 1.96 bits per heavy atom. The average Bonchev–Trinajstić information content (AvgIpc) is 3.08. The van der Waals surface area contributed by atoms with Gasteiger partial charge in [-0.15, -0.1) is 0 Å². The fourth-order valence-electron chi connectivity index (χ4n) is 4.21. The quantitative estimate of drug-likeness (QED) is 0.538. The number of ether oxygens (including phenoxy) is 2. The lowest BCUT2D eigenvalue weighted by Crippen LogP contribution is -2.49. The molecule has 5 heteroatoms. The number of hydrogen-bond acceptors (Lipinski definition) is 5. The molecule has 0 aromatic heterocycles. The van der Waals surface area contributed by atoms with E-state index in [4.69, 9.17) is 9.47 Å². The first-order chi connectivity index (χ1) is 11.7. The Bertz CT molecular complexity index is 646. The second-order valence-corrected chi connectivity index (χ2v) is 8.02. The van der Waals surface area contributed by atoms with Crippen molar-refractivity contribution in [3.05, 3.63) is 22.8 Å². The number of hydrogen-bond donors (Lipinski definition) is 1. The van der Waals surface area contributed by atoms with Crippen LogP contribution in [0.25, 0.3) is 0 Å². The SMILES string of the molecule is CC1=C2C(=O)C/C(C)=C/CC[C@H](C)[C@H]3CC[C@](C)(O3)[C@H](O)[C@H]2OC1=O. The van der Waals surface area contributed by atoms with E-state index in [-0.39, 0.29) is 18.3 Å². The number of rotatable bonds is 0. The molecule has 3 rings (SSSR count). The fraction of sp³-hybridized carbons (Fsp3) is 0.700. The summed E-state index contributed by atoms with van der Waals surface area (Å²) < 4.78 is 11.6. The van der Waals surface area contributed by atoms with E-state index < -0.39 is 23.8 Å². The molecule has 138 valence electrons. The molecule has 1 saturated heterocycles. The molecule has 0 aromatic carbocycles.